The van der Waals surface area contributed by atoms with E-state index in [0.717, 1.165) is 39.1 Å². The third kappa shape index (κ3) is 4.06. The number of alkyl halides is 2. The van der Waals surface area contributed by atoms with Crippen LogP contribution in [0, 0.1) is 17.1 Å². The SMILES string of the molecule is CC1(C)N=C(N)O[C@](C)(c2cc(NC(=O)c3ncc(C#N)cc3Cl)ccc2F)C1(F)F.Cl. The molecule has 1 aromatic heterocycles. The molecule has 7 nitrogen and oxygen atoms in total. The summed E-state index contributed by atoms with van der Waals surface area (Å²) in [4.78, 5) is 20.0. The zero-order chi connectivity index (χ0) is 23.2. The van der Waals surface area contributed by atoms with Crippen LogP contribution in [0.1, 0.15) is 42.4 Å². The molecule has 0 unspecified atom stereocenters. The van der Waals surface area contributed by atoms with E-state index in [9.17, 15) is 9.18 Å². The molecule has 12 heteroatoms. The summed E-state index contributed by atoms with van der Waals surface area (Å²) in [6.45, 7) is 3.31. The van der Waals surface area contributed by atoms with E-state index in [0.29, 0.717) is 0 Å². The van der Waals surface area contributed by atoms with Gasteiger partial charge in [-0.3, -0.25) is 4.79 Å². The fraction of sp³-hybridized carbons (Fsp3) is 0.300. The van der Waals surface area contributed by atoms with Gasteiger partial charge in [0.15, 0.2) is 0 Å². The smallest absolute Gasteiger partial charge is 0.315 e. The predicted octanol–water partition coefficient (Wildman–Crippen LogP) is 4.39. The second-order valence-corrected chi connectivity index (χ2v) is 7.94. The average Bonchev–Trinajstić information content (AvgIpc) is 2.67. The molecule has 1 amide bonds. The number of carbonyl (C=O) groups is 1. The standard InChI is InChI=1S/C20H17ClF3N5O2.ClH/c1-18(2)20(23,24)19(3,31-17(26)29-18)12-7-11(4-5-14(12)22)28-16(30)15-13(21)6-10(8-25)9-27-15;/h4-7,9H,1-3H3,(H2,26,29)(H,28,30);1H/t19-;/m1./s1. The molecule has 3 rings (SSSR count). The highest BCUT2D eigenvalue weighted by Gasteiger charge is 2.66. The summed E-state index contributed by atoms with van der Waals surface area (Å²) in [7, 11) is 0. The number of nitrogens with two attached hydrogens (primary N) is 1. The van der Waals surface area contributed by atoms with E-state index >= 15 is 8.78 Å². The number of aliphatic imine (C=N–C) groups is 1. The first-order valence-corrected chi connectivity index (χ1v) is 9.29. The molecular formula is C20H18Cl2F3N5O2. The zero-order valence-corrected chi connectivity index (χ0v) is 18.6. The van der Waals surface area contributed by atoms with Gasteiger partial charge in [-0.1, -0.05) is 11.6 Å². The maximum absolute atomic E-state index is 15.3. The van der Waals surface area contributed by atoms with Gasteiger partial charge in [-0.05, 0) is 45.0 Å². The first-order valence-electron chi connectivity index (χ1n) is 8.91. The van der Waals surface area contributed by atoms with Crippen LogP contribution in [-0.4, -0.2) is 28.4 Å². The summed E-state index contributed by atoms with van der Waals surface area (Å²) >= 11 is 5.97. The van der Waals surface area contributed by atoms with Crippen LogP contribution < -0.4 is 11.1 Å². The molecule has 1 aromatic carbocycles. The number of rotatable bonds is 3. The minimum atomic E-state index is -3.66. The number of nitriles is 1. The summed E-state index contributed by atoms with van der Waals surface area (Å²) in [6, 6.07) is 5.69. The lowest BCUT2D eigenvalue weighted by atomic mass is 9.78. The van der Waals surface area contributed by atoms with E-state index in [4.69, 9.17) is 27.3 Å². The van der Waals surface area contributed by atoms with Crippen molar-refractivity contribution in [3.8, 4) is 6.07 Å². The lowest BCUT2D eigenvalue weighted by Crippen LogP contribution is -2.62. The number of amides is 1. The Kier molecular flexibility index (Phi) is 6.69. The van der Waals surface area contributed by atoms with E-state index in [1.54, 1.807) is 0 Å². The number of hydrogen-bond acceptors (Lipinski definition) is 6. The Morgan fingerprint density at radius 1 is 1.28 bits per heavy atom. The van der Waals surface area contributed by atoms with E-state index < -0.39 is 40.4 Å². The van der Waals surface area contributed by atoms with Crippen molar-refractivity contribution in [2.24, 2.45) is 10.7 Å². The van der Waals surface area contributed by atoms with Gasteiger partial charge in [0, 0.05) is 17.4 Å². The minimum Gasteiger partial charge on any atom is -0.448 e. The molecule has 1 aliphatic heterocycles. The largest absolute Gasteiger partial charge is 0.448 e. The fourth-order valence-electron chi connectivity index (χ4n) is 3.27. The van der Waals surface area contributed by atoms with Crippen LogP contribution in [0.2, 0.25) is 5.02 Å². The van der Waals surface area contributed by atoms with Crippen molar-refractivity contribution in [1.82, 2.24) is 4.98 Å². The first-order chi connectivity index (χ1) is 14.3. The molecule has 0 saturated carbocycles. The monoisotopic (exact) mass is 487 g/mol. The Morgan fingerprint density at radius 3 is 2.53 bits per heavy atom. The number of pyridine rings is 1. The van der Waals surface area contributed by atoms with E-state index in [-0.39, 0.29) is 34.4 Å². The molecule has 170 valence electrons. The highest BCUT2D eigenvalue weighted by molar-refractivity contribution is 6.34. The van der Waals surface area contributed by atoms with Gasteiger partial charge in [0.05, 0.1) is 10.6 Å². The third-order valence-corrected chi connectivity index (χ3v) is 5.28. The van der Waals surface area contributed by atoms with Gasteiger partial charge >= 0.3 is 5.92 Å². The predicted molar refractivity (Wildman–Crippen MR) is 115 cm³/mol. The second-order valence-electron chi connectivity index (χ2n) is 7.53. The Morgan fingerprint density at radius 2 is 1.94 bits per heavy atom. The van der Waals surface area contributed by atoms with Crippen molar-refractivity contribution in [2.45, 2.75) is 37.8 Å². The van der Waals surface area contributed by atoms with Crippen LogP contribution in [0.3, 0.4) is 0 Å². The van der Waals surface area contributed by atoms with Crippen molar-refractivity contribution in [1.29, 1.82) is 5.26 Å². The number of anilines is 1. The number of carbonyl (C=O) groups excluding carboxylic acids is 1. The molecule has 1 atom stereocenters. The molecule has 0 bridgehead atoms. The number of ether oxygens (including phenoxy) is 1. The Bertz CT molecular complexity index is 1150. The summed E-state index contributed by atoms with van der Waals surface area (Å²) in [6.07, 6.45) is 1.15. The molecule has 32 heavy (non-hydrogen) atoms. The Labute approximate surface area is 192 Å². The first kappa shape index (κ1) is 25.2. The minimum absolute atomic E-state index is 0. The van der Waals surface area contributed by atoms with Gasteiger partial charge in [0.1, 0.15) is 23.1 Å². The number of nitrogens with one attached hydrogen (secondary N) is 1. The fourth-order valence-corrected chi connectivity index (χ4v) is 3.53. The van der Waals surface area contributed by atoms with Crippen molar-refractivity contribution < 1.29 is 22.7 Å². The quantitative estimate of drug-likeness (QED) is 0.665. The van der Waals surface area contributed by atoms with Crippen molar-refractivity contribution in [3.05, 3.63) is 58.1 Å². The van der Waals surface area contributed by atoms with Crippen LogP contribution in [0.5, 0.6) is 0 Å². The molecule has 0 saturated heterocycles. The third-order valence-electron chi connectivity index (χ3n) is 4.99. The second kappa shape index (κ2) is 8.48. The van der Waals surface area contributed by atoms with E-state index in [1.165, 1.54) is 12.1 Å². The van der Waals surface area contributed by atoms with Gasteiger partial charge < -0.3 is 15.8 Å². The van der Waals surface area contributed by atoms with Gasteiger partial charge in [-0.2, -0.15) is 14.0 Å². The van der Waals surface area contributed by atoms with Gasteiger partial charge in [0.2, 0.25) is 5.60 Å². The van der Waals surface area contributed by atoms with Crippen LogP contribution in [0.25, 0.3) is 0 Å². The molecule has 0 radical (unpaired) electrons. The molecule has 0 spiro atoms. The van der Waals surface area contributed by atoms with Crippen molar-refractivity contribution >= 4 is 41.6 Å². The number of hydrogen-bond donors (Lipinski definition) is 2. The number of nitrogens with zero attached hydrogens (tertiary/aromatic N) is 3. The summed E-state index contributed by atoms with van der Waals surface area (Å²) in [5.74, 6) is -5.43. The van der Waals surface area contributed by atoms with Crippen molar-refractivity contribution in [3.63, 3.8) is 0 Å². The van der Waals surface area contributed by atoms with Crippen LogP contribution in [0.4, 0.5) is 18.9 Å². The summed E-state index contributed by atoms with van der Waals surface area (Å²) < 4.78 is 50.3. The van der Waals surface area contributed by atoms with E-state index in [1.807, 2.05) is 6.07 Å². The Hall–Kier alpha value is -3.03. The Balaban J connectivity index is 0.00000363. The highest BCUT2D eigenvalue weighted by atomic mass is 35.5. The molecule has 1 aliphatic rings. The number of benzene rings is 1. The van der Waals surface area contributed by atoms with Gasteiger partial charge in [0.25, 0.3) is 11.9 Å². The highest BCUT2D eigenvalue weighted by Crippen LogP contribution is 2.51. The molecule has 2 aromatic rings. The maximum atomic E-state index is 15.3. The summed E-state index contributed by atoms with van der Waals surface area (Å²) in [5.41, 5.74) is 0.519. The van der Waals surface area contributed by atoms with Crippen molar-refractivity contribution in [2.75, 3.05) is 5.32 Å². The molecule has 3 N–H and O–H groups in total. The lowest BCUT2D eigenvalue weighted by molar-refractivity contribution is -0.215. The molecular weight excluding hydrogens is 470 g/mol. The van der Waals surface area contributed by atoms with Crippen LogP contribution in [-0.2, 0) is 10.3 Å². The maximum Gasteiger partial charge on any atom is 0.315 e. The van der Waals surface area contributed by atoms with E-state index in [2.05, 4.69) is 15.3 Å². The number of amidine groups is 1. The van der Waals surface area contributed by atoms with Gasteiger partial charge in [-0.15, -0.1) is 12.4 Å². The zero-order valence-electron chi connectivity index (χ0n) is 17.0. The molecule has 0 fully saturated rings. The number of aromatic nitrogens is 1. The normalized spacial score (nSPS) is 20.8. The summed E-state index contributed by atoms with van der Waals surface area (Å²) in [5, 5.41) is 11.2. The van der Waals surface area contributed by atoms with Crippen LogP contribution >= 0.6 is 24.0 Å². The van der Waals surface area contributed by atoms with Crippen LogP contribution in [0.15, 0.2) is 35.5 Å². The number of halogens is 5. The topological polar surface area (TPSA) is 113 Å². The molecule has 2 heterocycles. The molecule has 0 aliphatic carbocycles. The average molecular weight is 488 g/mol. The lowest BCUT2D eigenvalue weighted by Gasteiger charge is -2.47. The van der Waals surface area contributed by atoms with Gasteiger partial charge in [-0.25, -0.2) is 14.4 Å².